The van der Waals surface area contributed by atoms with Crippen LogP contribution in [0.2, 0.25) is 0 Å². The van der Waals surface area contributed by atoms with Crippen LogP contribution < -0.4 is 5.32 Å². The van der Waals surface area contributed by atoms with E-state index in [1.807, 2.05) is 13.8 Å². The number of carbonyl (C=O) groups excluding carboxylic acids is 2. The molecule has 0 saturated carbocycles. The van der Waals surface area contributed by atoms with Crippen molar-refractivity contribution in [1.29, 1.82) is 0 Å². The Morgan fingerprint density at radius 3 is 2.26 bits per heavy atom. The monoisotopic (exact) mass is 290 g/mol. The molecule has 0 radical (unpaired) electrons. The van der Waals surface area contributed by atoms with Crippen LogP contribution in [0.25, 0.3) is 0 Å². The second-order valence-corrected chi connectivity index (χ2v) is 5.10. The third kappa shape index (κ3) is 7.71. The van der Waals surface area contributed by atoms with Crippen molar-refractivity contribution in [3.63, 3.8) is 0 Å². The Bertz CT molecular complexity index is 319. The summed E-state index contributed by atoms with van der Waals surface area (Å²) in [7, 11) is 0. The first-order valence-corrected chi connectivity index (χ1v) is 7.43. The topological polar surface area (TPSA) is 86.7 Å². The molecule has 0 aromatic rings. The predicted molar refractivity (Wildman–Crippen MR) is 75.1 cm³/mol. The van der Waals surface area contributed by atoms with Gasteiger partial charge in [-0.05, 0) is 26.0 Å². The quantitative estimate of drug-likeness (QED) is 0.606. The number of nitrogens with one attached hydrogen (secondary N) is 1. The highest BCUT2D eigenvalue weighted by atomic mass is 32.2. The molecule has 110 valence electrons. The van der Waals surface area contributed by atoms with E-state index in [0.717, 1.165) is 0 Å². The van der Waals surface area contributed by atoms with Crippen LogP contribution in [0.15, 0.2) is 0 Å². The predicted octanol–water partition coefficient (Wildman–Crippen LogP) is 0.567. The third-order valence-electron chi connectivity index (χ3n) is 2.57. The summed E-state index contributed by atoms with van der Waals surface area (Å²) < 4.78 is 0. The van der Waals surface area contributed by atoms with Crippen molar-refractivity contribution in [1.82, 2.24) is 10.2 Å². The van der Waals surface area contributed by atoms with Gasteiger partial charge < -0.3 is 15.3 Å². The number of thioether (sulfide) groups is 1. The van der Waals surface area contributed by atoms with Gasteiger partial charge >= 0.3 is 5.97 Å². The van der Waals surface area contributed by atoms with Gasteiger partial charge in [0.05, 0.1) is 5.75 Å². The van der Waals surface area contributed by atoms with Crippen LogP contribution in [0.3, 0.4) is 0 Å². The molecule has 0 aliphatic rings. The van der Waals surface area contributed by atoms with Gasteiger partial charge in [-0.3, -0.25) is 9.59 Å². The largest absolute Gasteiger partial charge is 0.480 e. The van der Waals surface area contributed by atoms with Crippen molar-refractivity contribution in [3.8, 4) is 0 Å². The summed E-state index contributed by atoms with van der Waals surface area (Å²) in [5.74, 6) is -0.498. The number of aliphatic carboxylic acids is 1. The number of nitrogens with zero attached hydrogens (tertiary/aromatic N) is 1. The molecule has 0 aliphatic heterocycles. The molecule has 1 atom stereocenters. The molecule has 0 fully saturated rings. The van der Waals surface area contributed by atoms with E-state index in [-0.39, 0.29) is 11.8 Å². The fourth-order valence-corrected chi connectivity index (χ4v) is 2.43. The summed E-state index contributed by atoms with van der Waals surface area (Å²) in [6.45, 7) is 6.48. The average molecular weight is 290 g/mol. The van der Waals surface area contributed by atoms with Gasteiger partial charge in [-0.25, -0.2) is 4.79 Å². The Kier molecular flexibility index (Phi) is 9.03. The Labute approximate surface area is 117 Å². The van der Waals surface area contributed by atoms with Crippen molar-refractivity contribution in [2.24, 2.45) is 0 Å². The van der Waals surface area contributed by atoms with E-state index in [1.54, 1.807) is 4.90 Å². The van der Waals surface area contributed by atoms with Crippen LogP contribution >= 0.6 is 11.8 Å². The SMILES string of the molecule is CCN(CC)C(=O)CSCCC(NC(C)=O)C(=O)O. The molecule has 0 saturated heterocycles. The first kappa shape index (κ1) is 17.8. The minimum absolute atomic E-state index is 0.0569. The van der Waals surface area contributed by atoms with Crippen molar-refractivity contribution in [2.75, 3.05) is 24.6 Å². The highest BCUT2D eigenvalue weighted by molar-refractivity contribution is 7.99. The normalized spacial score (nSPS) is 11.7. The molecule has 0 aromatic heterocycles. The van der Waals surface area contributed by atoms with Crippen molar-refractivity contribution >= 4 is 29.5 Å². The lowest BCUT2D eigenvalue weighted by molar-refractivity contribution is -0.141. The summed E-state index contributed by atoms with van der Waals surface area (Å²) in [5.41, 5.74) is 0. The molecular formula is C12H22N2O4S. The van der Waals surface area contributed by atoms with Gasteiger partial charge in [0.15, 0.2) is 0 Å². The Morgan fingerprint density at radius 1 is 1.26 bits per heavy atom. The minimum atomic E-state index is -1.05. The van der Waals surface area contributed by atoms with E-state index >= 15 is 0 Å². The lowest BCUT2D eigenvalue weighted by atomic mass is 10.2. The minimum Gasteiger partial charge on any atom is -0.480 e. The van der Waals surface area contributed by atoms with Crippen LogP contribution in [0.4, 0.5) is 0 Å². The molecule has 0 aromatic carbocycles. The molecule has 7 heteroatoms. The summed E-state index contributed by atoms with van der Waals surface area (Å²) in [5, 5.41) is 11.3. The van der Waals surface area contributed by atoms with Gasteiger partial charge in [-0.15, -0.1) is 0 Å². The van der Waals surface area contributed by atoms with Crippen LogP contribution in [-0.2, 0) is 14.4 Å². The maximum atomic E-state index is 11.7. The van der Waals surface area contributed by atoms with Crippen LogP contribution in [0, 0.1) is 0 Å². The highest BCUT2D eigenvalue weighted by Gasteiger charge is 2.18. The molecule has 0 spiro atoms. The fourth-order valence-electron chi connectivity index (χ4n) is 1.53. The number of carboxylic acid groups (broad SMARTS) is 1. The molecule has 19 heavy (non-hydrogen) atoms. The second-order valence-electron chi connectivity index (χ2n) is 4.00. The summed E-state index contributed by atoms with van der Waals surface area (Å²) >= 11 is 1.39. The standard InChI is InChI=1S/C12H22N2O4S/c1-4-14(5-2)11(16)8-19-7-6-10(12(17)18)13-9(3)15/h10H,4-8H2,1-3H3,(H,13,15)(H,17,18). The van der Waals surface area contributed by atoms with Gasteiger partial charge in [-0.2, -0.15) is 11.8 Å². The third-order valence-corrected chi connectivity index (χ3v) is 3.54. The molecule has 0 bridgehead atoms. The Hall–Kier alpha value is -1.24. The first-order chi connectivity index (χ1) is 8.92. The maximum Gasteiger partial charge on any atom is 0.326 e. The number of amides is 2. The summed E-state index contributed by atoms with van der Waals surface area (Å²) in [6.07, 6.45) is 0.311. The highest BCUT2D eigenvalue weighted by Crippen LogP contribution is 2.07. The van der Waals surface area contributed by atoms with Crippen molar-refractivity contribution in [2.45, 2.75) is 33.2 Å². The molecule has 0 rings (SSSR count). The number of hydrogen-bond acceptors (Lipinski definition) is 4. The molecule has 0 aliphatic carbocycles. The van der Waals surface area contributed by atoms with Crippen LogP contribution in [-0.4, -0.2) is 58.4 Å². The van der Waals surface area contributed by atoms with Crippen molar-refractivity contribution in [3.05, 3.63) is 0 Å². The van der Waals surface area contributed by atoms with E-state index in [2.05, 4.69) is 5.32 Å². The molecule has 1 unspecified atom stereocenters. The Balaban J connectivity index is 3.97. The second kappa shape index (κ2) is 9.66. The molecule has 2 amide bonds. The van der Waals surface area contributed by atoms with E-state index in [0.29, 0.717) is 31.0 Å². The molecule has 6 nitrogen and oxygen atoms in total. The maximum absolute atomic E-state index is 11.7. The zero-order valence-corrected chi connectivity index (χ0v) is 12.5. The van der Waals surface area contributed by atoms with Crippen molar-refractivity contribution < 1.29 is 19.5 Å². The molecular weight excluding hydrogens is 268 g/mol. The lowest BCUT2D eigenvalue weighted by Crippen LogP contribution is -2.40. The van der Waals surface area contributed by atoms with E-state index < -0.39 is 12.0 Å². The number of rotatable bonds is 9. The number of carbonyl (C=O) groups is 3. The van der Waals surface area contributed by atoms with Gasteiger partial charge in [-0.1, -0.05) is 0 Å². The average Bonchev–Trinajstić information content (AvgIpc) is 2.33. The smallest absolute Gasteiger partial charge is 0.326 e. The zero-order valence-electron chi connectivity index (χ0n) is 11.6. The summed E-state index contributed by atoms with van der Waals surface area (Å²) in [6, 6.07) is -0.881. The van der Waals surface area contributed by atoms with Crippen LogP contribution in [0.1, 0.15) is 27.2 Å². The van der Waals surface area contributed by atoms with E-state index in [1.165, 1.54) is 18.7 Å². The first-order valence-electron chi connectivity index (χ1n) is 6.27. The van der Waals surface area contributed by atoms with Gasteiger partial charge in [0.2, 0.25) is 11.8 Å². The van der Waals surface area contributed by atoms with E-state index in [4.69, 9.17) is 5.11 Å². The zero-order chi connectivity index (χ0) is 14.8. The van der Waals surface area contributed by atoms with Gasteiger partial charge in [0, 0.05) is 20.0 Å². The van der Waals surface area contributed by atoms with E-state index in [9.17, 15) is 14.4 Å². The Morgan fingerprint density at radius 2 is 1.84 bits per heavy atom. The number of carboxylic acids is 1. The van der Waals surface area contributed by atoms with Gasteiger partial charge in [0.1, 0.15) is 6.04 Å². The number of hydrogen-bond donors (Lipinski definition) is 2. The summed E-state index contributed by atoms with van der Waals surface area (Å²) in [4.78, 5) is 35.1. The fraction of sp³-hybridized carbons (Fsp3) is 0.750. The molecule has 0 heterocycles. The van der Waals surface area contributed by atoms with Crippen LogP contribution in [0.5, 0.6) is 0 Å². The molecule has 2 N–H and O–H groups in total. The lowest BCUT2D eigenvalue weighted by Gasteiger charge is -2.18. The van der Waals surface area contributed by atoms with Gasteiger partial charge in [0.25, 0.3) is 0 Å².